The molecule has 38 heavy (non-hydrogen) atoms. The fraction of sp³-hybridized carbons (Fsp3) is 0.458. The number of hydrogen-bond donors (Lipinski definition) is 4. The first kappa shape index (κ1) is 29.9. The summed E-state index contributed by atoms with van der Waals surface area (Å²) in [5.74, 6) is -3.06. The summed E-state index contributed by atoms with van der Waals surface area (Å²) in [6, 6.07) is 3.95. The molecule has 0 radical (unpaired) electrons. The summed E-state index contributed by atoms with van der Waals surface area (Å²) in [4.78, 5) is 83.1. The second kappa shape index (κ2) is 14.4. The molecule has 1 aliphatic rings. The Hall–Kier alpha value is -4.33. The monoisotopic (exact) mass is 532 g/mol. The minimum absolute atomic E-state index is 0.0899. The Labute approximate surface area is 219 Å². The normalized spacial score (nSPS) is 15.8. The van der Waals surface area contributed by atoms with Crippen LogP contribution in [0.2, 0.25) is 0 Å². The van der Waals surface area contributed by atoms with Crippen molar-refractivity contribution in [3.63, 3.8) is 0 Å². The van der Waals surface area contributed by atoms with Gasteiger partial charge in [-0.15, -0.1) is 0 Å². The zero-order chi connectivity index (χ0) is 28.2. The van der Waals surface area contributed by atoms with E-state index in [0.717, 1.165) is 10.0 Å². The molecule has 2 unspecified atom stereocenters. The molecule has 2 rings (SSSR count). The highest BCUT2D eigenvalue weighted by molar-refractivity contribution is 5.95. The van der Waals surface area contributed by atoms with Gasteiger partial charge in [0.2, 0.25) is 24.1 Å². The number of aliphatic carboxylic acids is 1. The lowest BCUT2D eigenvalue weighted by atomic mass is 10.1. The summed E-state index contributed by atoms with van der Waals surface area (Å²) in [5.41, 5.74) is 3.53. The lowest BCUT2D eigenvalue weighted by molar-refractivity contribution is -0.170. The van der Waals surface area contributed by atoms with E-state index in [1.165, 1.54) is 5.01 Å². The number of aldehydes is 1. The van der Waals surface area contributed by atoms with Crippen LogP contribution in [0.3, 0.4) is 0 Å². The molecule has 5 amide bonds. The smallest absolute Gasteiger partial charge is 0.305 e. The quantitative estimate of drug-likeness (QED) is 0.192. The van der Waals surface area contributed by atoms with E-state index in [2.05, 4.69) is 16.1 Å². The topological polar surface area (TPSA) is 186 Å². The number of benzene rings is 1. The highest BCUT2D eigenvalue weighted by atomic mass is 16.4. The van der Waals surface area contributed by atoms with Crippen molar-refractivity contribution in [2.24, 2.45) is 0 Å². The Morgan fingerprint density at radius 3 is 2.42 bits per heavy atom. The molecule has 206 valence electrons. The van der Waals surface area contributed by atoms with Gasteiger partial charge in [-0.25, -0.2) is 10.0 Å². The van der Waals surface area contributed by atoms with Gasteiger partial charge in [-0.3, -0.25) is 39.2 Å². The first-order valence-corrected chi connectivity index (χ1v) is 12.0. The van der Waals surface area contributed by atoms with Crippen molar-refractivity contribution in [2.75, 3.05) is 25.5 Å². The van der Waals surface area contributed by atoms with E-state index in [1.54, 1.807) is 38.2 Å². The second-order valence-corrected chi connectivity index (χ2v) is 8.60. The van der Waals surface area contributed by atoms with E-state index < -0.39 is 42.2 Å². The number of carbonyl (C=O) groups is 7. The standard InChI is InChI=1S/C24H32N6O8/c1-3-20(33)25-17-8-6-16(7-9-17)23(37)27-28(2)12-10-21(34)29-11-4-5-19(30(29)15-32)24(38)26-18(14-31)13-22(35)36/h6-9,14-15,18-19H,3-5,10-13H2,1-2H3,(H,25,33)(H,26,38)(H,27,37)(H,35,36). The number of hydrazine groups is 2. The number of rotatable bonds is 13. The molecule has 0 aliphatic carbocycles. The van der Waals surface area contributed by atoms with Crippen LogP contribution in [0, 0.1) is 0 Å². The molecule has 4 N–H and O–H groups in total. The molecule has 1 aliphatic heterocycles. The second-order valence-electron chi connectivity index (χ2n) is 8.60. The van der Waals surface area contributed by atoms with E-state index in [1.807, 2.05) is 0 Å². The van der Waals surface area contributed by atoms with Gasteiger partial charge < -0.3 is 20.5 Å². The van der Waals surface area contributed by atoms with Gasteiger partial charge in [0.25, 0.3) is 5.91 Å². The van der Waals surface area contributed by atoms with Crippen molar-refractivity contribution in [1.82, 2.24) is 25.8 Å². The average molecular weight is 533 g/mol. The summed E-state index contributed by atoms with van der Waals surface area (Å²) in [6.45, 7) is 2.01. The van der Waals surface area contributed by atoms with Crippen molar-refractivity contribution < 1.29 is 38.7 Å². The third-order valence-electron chi connectivity index (χ3n) is 5.74. The average Bonchev–Trinajstić information content (AvgIpc) is 2.90. The summed E-state index contributed by atoms with van der Waals surface area (Å²) < 4.78 is 0. The number of carboxylic acid groups (broad SMARTS) is 1. The molecule has 1 aromatic rings. The Kier molecular flexibility index (Phi) is 11.3. The molecule has 0 aromatic heterocycles. The summed E-state index contributed by atoms with van der Waals surface area (Å²) in [5, 5.41) is 17.3. The number of nitrogens with zero attached hydrogens (tertiary/aromatic N) is 3. The number of carboxylic acids is 1. The summed E-state index contributed by atoms with van der Waals surface area (Å²) >= 11 is 0. The molecule has 0 bridgehead atoms. The van der Waals surface area contributed by atoms with Gasteiger partial charge in [0.05, 0.1) is 12.5 Å². The molecule has 14 heteroatoms. The van der Waals surface area contributed by atoms with Crippen LogP contribution in [-0.4, -0.2) is 94.6 Å². The largest absolute Gasteiger partial charge is 0.481 e. The van der Waals surface area contributed by atoms with E-state index in [-0.39, 0.29) is 31.8 Å². The predicted molar refractivity (Wildman–Crippen MR) is 133 cm³/mol. The van der Waals surface area contributed by atoms with Crippen LogP contribution in [0.4, 0.5) is 5.69 Å². The van der Waals surface area contributed by atoms with Crippen LogP contribution in [0.5, 0.6) is 0 Å². The fourth-order valence-corrected chi connectivity index (χ4v) is 3.73. The zero-order valence-corrected chi connectivity index (χ0v) is 21.2. The van der Waals surface area contributed by atoms with Crippen LogP contribution in [0.15, 0.2) is 24.3 Å². The van der Waals surface area contributed by atoms with Gasteiger partial charge in [-0.1, -0.05) is 6.92 Å². The minimum Gasteiger partial charge on any atom is -0.481 e. The number of amides is 5. The molecule has 2 atom stereocenters. The third-order valence-corrected chi connectivity index (χ3v) is 5.74. The Bertz CT molecular complexity index is 1050. The molecular weight excluding hydrogens is 500 g/mol. The lowest BCUT2D eigenvalue weighted by Gasteiger charge is -2.41. The molecule has 1 saturated heterocycles. The first-order chi connectivity index (χ1) is 18.1. The highest BCUT2D eigenvalue weighted by Gasteiger charge is 2.36. The van der Waals surface area contributed by atoms with Crippen molar-refractivity contribution in [3.05, 3.63) is 29.8 Å². The number of carbonyl (C=O) groups excluding carboxylic acids is 6. The molecule has 1 fully saturated rings. The van der Waals surface area contributed by atoms with Crippen molar-refractivity contribution >= 4 is 48.0 Å². The number of nitrogens with one attached hydrogen (secondary N) is 3. The van der Waals surface area contributed by atoms with Gasteiger partial charge in [0, 0.05) is 44.2 Å². The van der Waals surface area contributed by atoms with E-state index in [0.29, 0.717) is 36.8 Å². The lowest BCUT2D eigenvalue weighted by Crippen LogP contribution is -2.60. The van der Waals surface area contributed by atoms with Gasteiger partial charge >= 0.3 is 5.97 Å². The van der Waals surface area contributed by atoms with E-state index in [4.69, 9.17) is 5.11 Å². The molecule has 1 aromatic carbocycles. The van der Waals surface area contributed by atoms with Crippen LogP contribution < -0.4 is 16.1 Å². The number of hydrogen-bond acceptors (Lipinski definition) is 8. The summed E-state index contributed by atoms with van der Waals surface area (Å²) in [7, 11) is 1.56. The van der Waals surface area contributed by atoms with Crippen LogP contribution in [0.1, 0.15) is 49.4 Å². The minimum atomic E-state index is -1.27. The zero-order valence-electron chi connectivity index (χ0n) is 21.2. The van der Waals surface area contributed by atoms with E-state index >= 15 is 0 Å². The maximum Gasteiger partial charge on any atom is 0.305 e. The summed E-state index contributed by atoms with van der Waals surface area (Å²) in [6.07, 6.45) is 0.897. The number of anilines is 1. The molecular formula is C24H32N6O8. The highest BCUT2D eigenvalue weighted by Crippen LogP contribution is 2.18. The van der Waals surface area contributed by atoms with Gasteiger partial charge in [0.1, 0.15) is 12.3 Å². The first-order valence-electron chi connectivity index (χ1n) is 12.0. The van der Waals surface area contributed by atoms with Gasteiger partial charge in [-0.2, -0.15) is 0 Å². The Morgan fingerprint density at radius 2 is 1.84 bits per heavy atom. The maximum absolute atomic E-state index is 12.9. The van der Waals surface area contributed by atoms with Crippen LogP contribution in [0.25, 0.3) is 0 Å². The molecule has 0 saturated carbocycles. The molecule has 1 heterocycles. The van der Waals surface area contributed by atoms with Gasteiger partial charge in [0.15, 0.2) is 0 Å². The Morgan fingerprint density at radius 1 is 1.16 bits per heavy atom. The van der Waals surface area contributed by atoms with Gasteiger partial charge in [-0.05, 0) is 37.1 Å². The predicted octanol–water partition coefficient (Wildman–Crippen LogP) is -0.475. The van der Waals surface area contributed by atoms with Crippen molar-refractivity contribution in [1.29, 1.82) is 0 Å². The molecule has 14 nitrogen and oxygen atoms in total. The molecule has 0 spiro atoms. The third kappa shape index (κ3) is 8.65. The maximum atomic E-state index is 12.9. The van der Waals surface area contributed by atoms with Crippen molar-refractivity contribution in [3.8, 4) is 0 Å². The van der Waals surface area contributed by atoms with E-state index in [9.17, 15) is 33.6 Å². The van der Waals surface area contributed by atoms with Crippen LogP contribution in [-0.2, 0) is 28.8 Å². The fourth-order valence-electron chi connectivity index (χ4n) is 3.73. The SMILES string of the molecule is CCC(=O)Nc1ccc(C(=O)NN(C)CCC(=O)N2CCCC(C(=O)NC(C=O)CC(=O)O)N2C=O)cc1. The Balaban J connectivity index is 1.91. The van der Waals surface area contributed by atoms with Crippen molar-refractivity contribution in [2.45, 2.75) is 51.1 Å². The van der Waals surface area contributed by atoms with Crippen LogP contribution >= 0.6 is 0 Å².